The van der Waals surface area contributed by atoms with Crippen molar-refractivity contribution in [1.29, 1.82) is 0 Å². The van der Waals surface area contributed by atoms with Crippen molar-refractivity contribution in [2.75, 3.05) is 13.1 Å². The van der Waals surface area contributed by atoms with Crippen LogP contribution in [-0.2, 0) is 4.79 Å². The molecule has 0 radical (unpaired) electrons. The second-order valence-electron chi connectivity index (χ2n) is 8.21. The summed E-state index contributed by atoms with van der Waals surface area (Å²) >= 11 is 0. The smallest absolute Gasteiger partial charge is 0.225 e. The summed E-state index contributed by atoms with van der Waals surface area (Å²) in [6, 6.07) is 0.383. The average Bonchev–Trinajstić information content (AvgIpc) is 3.11. The Labute approximate surface area is 128 Å². The topological polar surface area (TPSA) is 46.3 Å². The highest BCUT2D eigenvalue weighted by molar-refractivity contribution is 5.79. The molecule has 1 heterocycles. The van der Waals surface area contributed by atoms with E-state index >= 15 is 0 Å². The van der Waals surface area contributed by atoms with Crippen LogP contribution in [0.15, 0.2) is 0 Å². The summed E-state index contributed by atoms with van der Waals surface area (Å²) in [6.45, 7) is 2.00. The van der Waals surface area contributed by atoms with Crippen LogP contribution in [0.5, 0.6) is 0 Å². The number of hydrogen-bond acceptors (Lipinski definition) is 2. The van der Waals surface area contributed by atoms with Gasteiger partial charge in [-0.15, -0.1) is 0 Å². The van der Waals surface area contributed by atoms with Crippen molar-refractivity contribution in [1.82, 2.24) is 4.90 Å². The predicted molar refractivity (Wildman–Crippen MR) is 83.6 cm³/mol. The average molecular weight is 290 g/mol. The number of nitrogens with zero attached hydrogens (tertiary/aromatic N) is 1. The molecule has 118 valence electrons. The molecular formula is C18H30N2O. The third kappa shape index (κ3) is 2.15. The van der Waals surface area contributed by atoms with E-state index in [1.807, 2.05) is 0 Å². The molecule has 3 heteroatoms. The third-order valence-electron chi connectivity index (χ3n) is 7.30. The predicted octanol–water partition coefficient (Wildman–Crippen LogP) is 2.93. The Bertz CT molecular complexity index is 413. The van der Waals surface area contributed by atoms with Crippen molar-refractivity contribution in [3.05, 3.63) is 0 Å². The Hall–Kier alpha value is -0.570. The minimum Gasteiger partial charge on any atom is -0.342 e. The summed E-state index contributed by atoms with van der Waals surface area (Å²) in [5, 5.41) is 0. The molecule has 0 aromatic carbocycles. The fourth-order valence-electron chi connectivity index (χ4n) is 6.20. The van der Waals surface area contributed by atoms with Gasteiger partial charge in [-0.2, -0.15) is 0 Å². The first-order chi connectivity index (χ1) is 10.2. The van der Waals surface area contributed by atoms with Crippen molar-refractivity contribution in [2.45, 2.75) is 70.3 Å². The monoisotopic (exact) mass is 290 g/mol. The van der Waals surface area contributed by atoms with Gasteiger partial charge in [0.2, 0.25) is 5.91 Å². The molecule has 1 amide bonds. The van der Waals surface area contributed by atoms with Gasteiger partial charge in [0, 0.05) is 25.0 Å². The molecular weight excluding hydrogens is 260 g/mol. The minimum absolute atomic E-state index is 0.280. The van der Waals surface area contributed by atoms with Crippen molar-refractivity contribution in [3.8, 4) is 0 Å². The molecule has 4 rings (SSSR count). The molecule has 0 aromatic rings. The Balaban J connectivity index is 1.49. The molecule has 1 saturated heterocycles. The summed E-state index contributed by atoms with van der Waals surface area (Å²) in [6.07, 6.45) is 12.5. The van der Waals surface area contributed by atoms with Gasteiger partial charge in [0.1, 0.15) is 0 Å². The molecule has 3 nitrogen and oxygen atoms in total. The number of hydrogen-bond donors (Lipinski definition) is 1. The number of carbonyl (C=O) groups is 1. The summed E-state index contributed by atoms with van der Waals surface area (Å²) in [5.41, 5.74) is 6.98. The van der Waals surface area contributed by atoms with Gasteiger partial charge in [-0.25, -0.2) is 0 Å². The first kappa shape index (κ1) is 14.0. The number of likely N-dealkylation sites (tertiary alicyclic amines) is 1. The van der Waals surface area contributed by atoms with E-state index in [4.69, 9.17) is 5.73 Å². The number of piperidine rings is 1. The Morgan fingerprint density at radius 3 is 2.57 bits per heavy atom. The largest absolute Gasteiger partial charge is 0.342 e. The summed E-state index contributed by atoms with van der Waals surface area (Å²) in [7, 11) is 0. The highest BCUT2D eigenvalue weighted by Gasteiger charge is 2.58. The van der Waals surface area contributed by atoms with Gasteiger partial charge in [0.25, 0.3) is 0 Å². The van der Waals surface area contributed by atoms with Gasteiger partial charge in [-0.3, -0.25) is 4.79 Å². The lowest BCUT2D eigenvalue weighted by Gasteiger charge is -2.48. The molecule has 0 unspecified atom stereocenters. The number of carbonyl (C=O) groups excluding carboxylic acids is 1. The maximum Gasteiger partial charge on any atom is 0.225 e. The lowest BCUT2D eigenvalue weighted by molar-refractivity contribution is -0.140. The number of rotatable bonds is 1. The van der Waals surface area contributed by atoms with Gasteiger partial charge in [0.15, 0.2) is 0 Å². The summed E-state index contributed by atoms with van der Waals surface area (Å²) < 4.78 is 0. The quantitative estimate of drug-likeness (QED) is 0.807. The Morgan fingerprint density at radius 2 is 1.86 bits per heavy atom. The number of fused-ring (bicyclic) bond motifs is 3. The van der Waals surface area contributed by atoms with Crippen LogP contribution in [0.2, 0.25) is 0 Å². The van der Waals surface area contributed by atoms with Crippen LogP contribution >= 0.6 is 0 Å². The van der Waals surface area contributed by atoms with E-state index in [-0.39, 0.29) is 5.92 Å². The SMILES string of the molecule is N[C@@H]1[C@H]2CC[C@H](C2)[C@@]12CCC[C@H](C(=O)N1CCCCC1)C2. The molecule has 1 spiro atoms. The van der Waals surface area contributed by atoms with Crippen LogP contribution in [-0.4, -0.2) is 29.9 Å². The van der Waals surface area contributed by atoms with Gasteiger partial charge in [-0.05, 0) is 75.0 Å². The lowest BCUT2D eigenvalue weighted by atomic mass is 9.59. The van der Waals surface area contributed by atoms with Crippen LogP contribution in [0.3, 0.4) is 0 Å². The van der Waals surface area contributed by atoms with Crippen molar-refractivity contribution >= 4 is 5.91 Å². The zero-order valence-electron chi connectivity index (χ0n) is 13.2. The molecule has 5 atom stereocenters. The third-order valence-corrected chi connectivity index (χ3v) is 7.30. The van der Waals surface area contributed by atoms with E-state index in [0.29, 0.717) is 17.4 Å². The minimum atomic E-state index is 0.280. The van der Waals surface area contributed by atoms with Crippen LogP contribution < -0.4 is 5.73 Å². The van der Waals surface area contributed by atoms with E-state index in [9.17, 15) is 4.79 Å². The molecule has 2 bridgehead atoms. The van der Waals surface area contributed by atoms with Crippen LogP contribution in [0, 0.1) is 23.2 Å². The van der Waals surface area contributed by atoms with Crippen LogP contribution in [0.25, 0.3) is 0 Å². The zero-order chi connectivity index (χ0) is 14.4. The van der Waals surface area contributed by atoms with E-state index in [1.165, 1.54) is 51.4 Å². The Kier molecular flexibility index (Phi) is 3.52. The highest BCUT2D eigenvalue weighted by Crippen LogP contribution is 2.61. The first-order valence-corrected chi connectivity index (χ1v) is 9.25. The van der Waals surface area contributed by atoms with E-state index in [2.05, 4.69) is 4.90 Å². The Morgan fingerprint density at radius 1 is 1.05 bits per heavy atom. The summed E-state index contributed by atoms with van der Waals surface area (Å²) in [5.74, 6) is 2.33. The van der Waals surface area contributed by atoms with Crippen LogP contribution in [0.1, 0.15) is 64.2 Å². The normalized spacial score (nSPS) is 46.2. The molecule has 2 N–H and O–H groups in total. The molecule has 21 heavy (non-hydrogen) atoms. The van der Waals surface area contributed by atoms with Crippen molar-refractivity contribution in [2.24, 2.45) is 28.9 Å². The second-order valence-corrected chi connectivity index (χ2v) is 8.21. The maximum atomic E-state index is 12.9. The first-order valence-electron chi connectivity index (χ1n) is 9.25. The highest BCUT2D eigenvalue weighted by atomic mass is 16.2. The zero-order valence-corrected chi connectivity index (χ0v) is 13.2. The standard InChI is InChI=1S/C18H30N2O/c19-16-13-6-7-15(11-13)18(16)8-4-5-14(12-18)17(21)20-9-2-1-3-10-20/h13-16H,1-12,19H2/t13-,14-,15+,16+,18-/m0/s1. The molecule has 1 aliphatic heterocycles. The molecule has 3 saturated carbocycles. The van der Waals surface area contributed by atoms with Gasteiger partial charge >= 0.3 is 0 Å². The van der Waals surface area contributed by atoms with Crippen molar-refractivity contribution in [3.63, 3.8) is 0 Å². The maximum absolute atomic E-state index is 12.9. The lowest BCUT2D eigenvalue weighted by Crippen LogP contribution is -2.51. The number of amides is 1. The van der Waals surface area contributed by atoms with Gasteiger partial charge in [0.05, 0.1) is 0 Å². The van der Waals surface area contributed by atoms with Gasteiger partial charge in [-0.1, -0.05) is 6.42 Å². The van der Waals surface area contributed by atoms with E-state index in [0.717, 1.165) is 37.8 Å². The molecule has 4 fully saturated rings. The van der Waals surface area contributed by atoms with E-state index < -0.39 is 0 Å². The molecule has 0 aromatic heterocycles. The van der Waals surface area contributed by atoms with Crippen molar-refractivity contribution < 1.29 is 4.79 Å². The molecule has 4 aliphatic rings. The van der Waals surface area contributed by atoms with Crippen LogP contribution in [0.4, 0.5) is 0 Å². The second kappa shape index (κ2) is 5.26. The fraction of sp³-hybridized carbons (Fsp3) is 0.944. The van der Waals surface area contributed by atoms with Gasteiger partial charge < -0.3 is 10.6 Å². The number of nitrogens with two attached hydrogens (primary N) is 1. The van der Waals surface area contributed by atoms with E-state index in [1.54, 1.807) is 0 Å². The fourth-order valence-corrected chi connectivity index (χ4v) is 6.20. The summed E-state index contributed by atoms with van der Waals surface area (Å²) in [4.78, 5) is 15.0. The molecule has 3 aliphatic carbocycles.